The van der Waals surface area contributed by atoms with Gasteiger partial charge in [-0.2, -0.15) is 0 Å². The highest BCUT2D eigenvalue weighted by Gasteiger charge is 2.27. The smallest absolute Gasteiger partial charge is 0.00977 e. The standard InChI is InChI=1S/C18H37N/c1-5-8-9-16-10-12-17(13-11-16)18(19-7-3)14-15(4)6-2/h15-19H,5-14H2,1-4H3. The Bertz CT molecular complexity index is 206. The van der Waals surface area contributed by atoms with Crippen LogP contribution in [0.2, 0.25) is 0 Å². The van der Waals surface area contributed by atoms with Gasteiger partial charge in [0, 0.05) is 6.04 Å². The maximum Gasteiger partial charge on any atom is 0.00977 e. The van der Waals surface area contributed by atoms with Gasteiger partial charge < -0.3 is 5.32 Å². The third kappa shape index (κ3) is 6.29. The average molecular weight is 268 g/mol. The summed E-state index contributed by atoms with van der Waals surface area (Å²) in [4.78, 5) is 0. The van der Waals surface area contributed by atoms with E-state index in [9.17, 15) is 0 Å². The van der Waals surface area contributed by atoms with Gasteiger partial charge in [-0.05, 0) is 43.6 Å². The van der Waals surface area contributed by atoms with Crippen LogP contribution in [0.25, 0.3) is 0 Å². The second kappa shape index (κ2) is 9.80. The summed E-state index contributed by atoms with van der Waals surface area (Å²) in [6, 6.07) is 0.784. The Morgan fingerprint density at radius 3 is 2.26 bits per heavy atom. The molecule has 1 fully saturated rings. The first-order valence-corrected chi connectivity index (χ1v) is 8.94. The van der Waals surface area contributed by atoms with E-state index in [0.717, 1.165) is 30.3 Å². The molecule has 1 heteroatoms. The van der Waals surface area contributed by atoms with E-state index < -0.39 is 0 Å². The van der Waals surface area contributed by atoms with Crippen molar-refractivity contribution in [1.82, 2.24) is 5.32 Å². The third-order valence-corrected chi connectivity index (χ3v) is 5.25. The SMILES string of the molecule is CCCCC1CCC(C(CC(C)CC)NCC)CC1. The second-order valence-electron chi connectivity index (χ2n) is 6.84. The van der Waals surface area contributed by atoms with Crippen LogP contribution in [-0.2, 0) is 0 Å². The van der Waals surface area contributed by atoms with Crippen LogP contribution in [0, 0.1) is 17.8 Å². The van der Waals surface area contributed by atoms with Crippen molar-refractivity contribution in [2.75, 3.05) is 6.54 Å². The van der Waals surface area contributed by atoms with Crippen molar-refractivity contribution >= 4 is 0 Å². The summed E-state index contributed by atoms with van der Waals surface area (Å²) in [5.74, 6) is 2.87. The third-order valence-electron chi connectivity index (χ3n) is 5.25. The molecule has 0 saturated heterocycles. The highest BCUT2D eigenvalue weighted by molar-refractivity contribution is 4.82. The molecule has 0 aromatic rings. The van der Waals surface area contributed by atoms with Crippen LogP contribution in [0.15, 0.2) is 0 Å². The summed E-state index contributed by atoms with van der Waals surface area (Å²) in [6.45, 7) is 10.5. The molecule has 1 saturated carbocycles. The lowest BCUT2D eigenvalue weighted by Gasteiger charge is -2.35. The van der Waals surface area contributed by atoms with Gasteiger partial charge in [-0.15, -0.1) is 0 Å². The van der Waals surface area contributed by atoms with Crippen LogP contribution in [0.4, 0.5) is 0 Å². The van der Waals surface area contributed by atoms with E-state index >= 15 is 0 Å². The van der Waals surface area contributed by atoms with Crippen molar-refractivity contribution in [3.63, 3.8) is 0 Å². The fourth-order valence-electron chi connectivity index (χ4n) is 3.68. The van der Waals surface area contributed by atoms with Crippen LogP contribution in [-0.4, -0.2) is 12.6 Å². The van der Waals surface area contributed by atoms with Gasteiger partial charge in [0.15, 0.2) is 0 Å². The average Bonchev–Trinajstić information content (AvgIpc) is 2.45. The normalized spacial score (nSPS) is 27.2. The summed E-state index contributed by atoms with van der Waals surface area (Å²) in [6.07, 6.45) is 12.9. The van der Waals surface area contributed by atoms with Crippen LogP contribution in [0.1, 0.15) is 85.5 Å². The Labute approximate surface area is 121 Å². The lowest BCUT2D eigenvalue weighted by Crippen LogP contribution is -2.39. The molecule has 0 radical (unpaired) electrons. The van der Waals surface area contributed by atoms with Gasteiger partial charge >= 0.3 is 0 Å². The Kier molecular flexibility index (Phi) is 8.77. The van der Waals surface area contributed by atoms with E-state index in [4.69, 9.17) is 0 Å². The first-order chi connectivity index (χ1) is 9.21. The minimum absolute atomic E-state index is 0.784. The van der Waals surface area contributed by atoms with Gasteiger partial charge in [0.1, 0.15) is 0 Å². The molecule has 2 atom stereocenters. The van der Waals surface area contributed by atoms with Crippen LogP contribution in [0.5, 0.6) is 0 Å². The van der Waals surface area contributed by atoms with Crippen molar-refractivity contribution in [1.29, 1.82) is 0 Å². The molecule has 1 nitrogen and oxygen atoms in total. The van der Waals surface area contributed by atoms with Gasteiger partial charge in [-0.25, -0.2) is 0 Å². The lowest BCUT2D eigenvalue weighted by atomic mass is 9.75. The topological polar surface area (TPSA) is 12.0 Å². The lowest BCUT2D eigenvalue weighted by molar-refractivity contribution is 0.195. The monoisotopic (exact) mass is 267 g/mol. The molecule has 0 aliphatic heterocycles. The van der Waals surface area contributed by atoms with E-state index in [0.29, 0.717) is 0 Å². The summed E-state index contributed by atoms with van der Waals surface area (Å²) in [5, 5.41) is 3.78. The van der Waals surface area contributed by atoms with E-state index in [1.165, 1.54) is 57.8 Å². The number of hydrogen-bond acceptors (Lipinski definition) is 1. The maximum absolute atomic E-state index is 3.78. The number of unbranched alkanes of at least 4 members (excludes halogenated alkanes) is 1. The van der Waals surface area contributed by atoms with Gasteiger partial charge in [-0.1, -0.05) is 66.2 Å². The minimum Gasteiger partial charge on any atom is -0.314 e. The van der Waals surface area contributed by atoms with Crippen molar-refractivity contribution in [2.45, 2.75) is 91.5 Å². The molecule has 0 spiro atoms. The van der Waals surface area contributed by atoms with Gasteiger partial charge in [0.25, 0.3) is 0 Å². The summed E-state index contributed by atoms with van der Waals surface area (Å²) in [7, 11) is 0. The van der Waals surface area contributed by atoms with Gasteiger partial charge in [0.05, 0.1) is 0 Å². The zero-order valence-electron chi connectivity index (χ0n) is 13.9. The first-order valence-electron chi connectivity index (χ1n) is 8.94. The molecule has 1 aliphatic carbocycles. The molecule has 114 valence electrons. The van der Waals surface area contributed by atoms with E-state index in [-0.39, 0.29) is 0 Å². The summed E-state index contributed by atoms with van der Waals surface area (Å²) >= 11 is 0. The predicted octanol–water partition coefficient (Wildman–Crippen LogP) is 5.40. The molecule has 1 aliphatic rings. The Morgan fingerprint density at radius 2 is 1.74 bits per heavy atom. The molecule has 0 heterocycles. The zero-order valence-corrected chi connectivity index (χ0v) is 13.9. The molecule has 0 aromatic carbocycles. The molecule has 0 bridgehead atoms. The first kappa shape index (κ1) is 17.0. The fourth-order valence-corrected chi connectivity index (χ4v) is 3.68. The fraction of sp³-hybridized carbons (Fsp3) is 1.00. The predicted molar refractivity (Wildman–Crippen MR) is 86.5 cm³/mol. The van der Waals surface area contributed by atoms with E-state index in [2.05, 4.69) is 33.0 Å². The van der Waals surface area contributed by atoms with E-state index in [1.54, 1.807) is 0 Å². The quantitative estimate of drug-likeness (QED) is 0.590. The van der Waals surface area contributed by atoms with Gasteiger partial charge in [0.2, 0.25) is 0 Å². The summed E-state index contributed by atoms with van der Waals surface area (Å²) < 4.78 is 0. The molecule has 1 N–H and O–H groups in total. The maximum atomic E-state index is 3.78. The molecule has 1 rings (SSSR count). The number of nitrogens with one attached hydrogen (secondary N) is 1. The number of rotatable bonds is 9. The van der Waals surface area contributed by atoms with Gasteiger partial charge in [-0.3, -0.25) is 0 Å². The van der Waals surface area contributed by atoms with E-state index in [1.807, 2.05) is 0 Å². The van der Waals surface area contributed by atoms with Crippen molar-refractivity contribution in [3.8, 4) is 0 Å². The zero-order chi connectivity index (χ0) is 14.1. The van der Waals surface area contributed by atoms with Crippen LogP contribution in [0.3, 0.4) is 0 Å². The van der Waals surface area contributed by atoms with Crippen molar-refractivity contribution in [2.24, 2.45) is 17.8 Å². The van der Waals surface area contributed by atoms with Crippen LogP contribution < -0.4 is 5.32 Å². The largest absolute Gasteiger partial charge is 0.314 e. The molecule has 19 heavy (non-hydrogen) atoms. The highest BCUT2D eigenvalue weighted by atomic mass is 14.9. The minimum atomic E-state index is 0.784. The number of hydrogen-bond donors (Lipinski definition) is 1. The Balaban J connectivity index is 2.36. The Morgan fingerprint density at radius 1 is 1.05 bits per heavy atom. The molecule has 0 aromatic heterocycles. The molecular formula is C18H37N. The second-order valence-corrected chi connectivity index (χ2v) is 6.84. The van der Waals surface area contributed by atoms with Crippen molar-refractivity contribution < 1.29 is 0 Å². The van der Waals surface area contributed by atoms with Crippen LogP contribution >= 0.6 is 0 Å². The van der Waals surface area contributed by atoms with Crippen molar-refractivity contribution in [3.05, 3.63) is 0 Å². The molecule has 0 amide bonds. The molecular weight excluding hydrogens is 230 g/mol. The summed E-state index contributed by atoms with van der Waals surface area (Å²) in [5.41, 5.74) is 0. The Hall–Kier alpha value is -0.0400. The molecule has 2 unspecified atom stereocenters. The highest BCUT2D eigenvalue weighted by Crippen LogP contribution is 2.35.